The van der Waals surface area contributed by atoms with Gasteiger partial charge in [-0.25, -0.2) is 4.90 Å². The van der Waals surface area contributed by atoms with Gasteiger partial charge in [0.2, 0.25) is 11.8 Å². The van der Waals surface area contributed by atoms with Crippen molar-refractivity contribution in [3.63, 3.8) is 0 Å². The zero-order valence-corrected chi connectivity index (χ0v) is 21.6. The third kappa shape index (κ3) is 3.52. The SMILES string of the molecule is COc1ccc([C@@H]2C=C3c4c(ccc5ccccc45)OC(=O)[C@@H]3[C@H]3C(=O)N(c4ccc(Cl)cc4)C(=O)[C@@H]32)cc1. The number of benzene rings is 4. The third-order valence-corrected chi connectivity index (χ3v) is 8.32. The van der Waals surface area contributed by atoms with Crippen LogP contribution in [0.4, 0.5) is 5.69 Å². The molecule has 7 heteroatoms. The first-order chi connectivity index (χ1) is 19.0. The number of esters is 1. The van der Waals surface area contributed by atoms with E-state index in [0.717, 1.165) is 27.5 Å². The monoisotopic (exact) mass is 535 g/mol. The first-order valence-electron chi connectivity index (χ1n) is 12.7. The summed E-state index contributed by atoms with van der Waals surface area (Å²) in [6, 6.07) is 25.7. The summed E-state index contributed by atoms with van der Waals surface area (Å²) in [7, 11) is 1.59. The molecule has 1 saturated heterocycles. The lowest BCUT2D eigenvalue weighted by atomic mass is 9.64. The zero-order valence-electron chi connectivity index (χ0n) is 20.8. The van der Waals surface area contributed by atoms with Gasteiger partial charge in [-0.1, -0.05) is 60.1 Å². The molecule has 2 heterocycles. The molecule has 1 aliphatic carbocycles. The number of hydrogen-bond acceptors (Lipinski definition) is 5. The molecule has 1 fully saturated rings. The average molecular weight is 536 g/mol. The summed E-state index contributed by atoms with van der Waals surface area (Å²) in [5.41, 5.74) is 2.80. The van der Waals surface area contributed by atoms with Crippen molar-refractivity contribution < 1.29 is 23.9 Å². The molecule has 6 nitrogen and oxygen atoms in total. The zero-order chi connectivity index (χ0) is 26.8. The second-order valence-electron chi connectivity index (χ2n) is 10.0. The Labute approximate surface area is 229 Å². The van der Waals surface area contributed by atoms with Crippen molar-refractivity contribution in [1.82, 2.24) is 0 Å². The Kier molecular flexibility index (Phi) is 5.35. The van der Waals surface area contributed by atoms with Crippen molar-refractivity contribution in [2.75, 3.05) is 12.0 Å². The van der Waals surface area contributed by atoms with Gasteiger partial charge in [0.25, 0.3) is 0 Å². The predicted molar refractivity (Wildman–Crippen MR) is 148 cm³/mol. The number of ether oxygens (including phenoxy) is 2. The highest BCUT2D eigenvalue weighted by Gasteiger charge is 2.60. The van der Waals surface area contributed by atoms with Crippen LogP contribution >= 0.6 is 11.6 Å². The van der Waals surface area contributed by atoms with Gasteiger partial charge in [0, 0.05) is 16.5 Å². The van der Waals surface area contributed by atoms with Gasteiger partial charge in [0.15, 0.2) is 0 Å². The summed E-state index contributed by atoms with van der Waals surface area (Å²) >= 11 is 6.08. The fraction of sp³-hybridized carbons (Fsp3) is 0.156. The molecule has 0 unspecified atom stereocenters. The summed E-state index contributed by atoms with van der Waals surface area (Å²) in [6.07, 6.45) is 2.00. The van der Waals surface area contributed by atoms with Crippen LogP contribution in [0.2, 0.25) is 5.02 Å². The van der Waals surface area contributed by atoms with Crippen LogP contribution in [0, 0.1) is 17.8 Å². The summed E-state index contributed by atoms with van der Waals surface area (Å²) in [5, 5.41) is 2.42. The van der Waals surface area contributed by atoms with Crippen LogP contribution in [-0.4, -0.2) is 24.9 Å². The van der Waals surface area contributed by atoms with Gasteiger partial charge in [-0.05, 0) is 64.4 Å². The van der Waals surface area contributed by atoms with Gasteiger partial charge in [0.05, 0.1) is 30.6 Å². The number of carbonyl (C=O) groups is 3. The van der Waals surface area contributed by atoms with E-state index >= 15 is 0 Å². The molecule has 2 amide bonds. The molecular formula is C32H22ClNO5. The maximum absolute atomic E-state index is 14.1. The first-order valence-corrected chi connectivity index (χ1v) is 13.1. The van der Waals surface area contributed by atoms with Crippen LogP contribution in [0.25, 0.3) is 16.3 Å². The first kappa shape index (κ1) is 23.7. The standard InChI is InChI=1S/C32H22ClNO5/c1-38-21-13-6-18(7-14-21)23-16-24-26-22-5-3-2-4-17(22)8-15-25(26)39-32(37)28(24)29-27(23)30(35)34(31(29)36)20-11-9-19(33)10-12-20/h2-16,23,27-29H,1H3/t23-,27+,28-,29-/m0/s1. The molecule has 4 atom stereocenters. The van der Waals surface area contributed by atoms with Crippen molar-refractivity contribution in [1.29, 1.82) is 0 Å². The molecule has 39 heavy (non-hydrogen) atoms. The largest absolute Gasteiger partial charge is 0.497 e. The minimum atomic E-state index is -0.917. The van der Waals surface area contributed by atoms with E-state index in [1.165, 1.54) is 4.90 Å². The lowest BCUT2D eigenvalue weighted by molar-refractivity contribution is -0.142. The van der Waals surface area contributed by atoms with E-state index in [4.69, 9.17) is 21.1 Å². The fourth-order valence-corrected chi connectivity index (χ4v) is 6.45. The molecule has 192 valence electrons. The summed E-state index contributed by atoms with van der Waals surface area (Å²) in [4.78, 5) is 42.9. The molecule has 0 saturated carbocycles. The highest BCUT2D eigenvalue weighted by Crippen LogP contribution is 2.55. The van der Waals surface area contributed by atoms with Gasteiger partial charge in [-0.2, -0.15) is 0 Å². The molecule has 3 aliphatic rings. The van der Waals surface area contributed by atoms with Crippen molar-refractivity contribution in [2.45, 2.75) is 5.92 Å². The van der Waals surface area contributed by atoms with E-state index in [1.54, 1.807) is 37.4 Å². The molecule has 0 radical (unpaired) electrons. The van der Waals surface area contributed by atoms with E-state index in [1.807, 2.05) is 60.7 Å². The van der Waals surface area contributed by atoms with E-state index in [0.29, 0.717) is 22.2 Å². The van der Waals surface area contributed by atoms with Gasteiger partial charge in [-0.3, -0.25) is 14.4 Å². The number of fused-ring (bicyclic) bond motifs is 7. The van der Waals surface area contributed by atoms with Crippen molar-refractivity contribution in [3.8, 4) is 11.5 Å². The second kappa shape index (κ2) is 8.82. The number of carbonyl (C=O) groups excluding carboxylic acids is 3. The maximum atomic E-state index is 14.1. The molecule has 0 aromatic heterocycles. The smallest absolute Gasteiger partial charge is 0.319 e. The topological polar surface area (TPSA) is 72.9 Å². The van der Waals surface area contributed by atoms with Crippen molar-refractivity contribution in [3.05, 3.63) is 107 Å². The maximum Gasteiger partial charge on any atom is 0.319 e. The minimum absolute atomic E-state index is 0.347. The molecular weight excluding hydrogens is 514 g/mol. The average Bonchev–Trinajstić information content (AvgIpc) is 3.22. The van der Waals surface area contributed by atoms with Crippen LogP contribution in [0.15, 0.2) is 91.0 Å². The number of rotatable bonds is 3. The van der Waals surface area contributed by atoms with Crippen molar-refractivity contribution >= 4 is 51.4 Å². The predicted octanol–water partition coefficient (Wildman–Crippen LogP) is 6.02. The number of methoxy groups -OCH3 is 1. The molecule has 4 aromatic carbocycles. The second-order valence-corrected chi connectivity index (χ2v) is 10.5. The van der Waals surface area contributed by atoms with E-state index in [9.17, 15) is 14.4 Å². The highest BCUT2D eigenvalue weighted by atomic mass is 35.5. The normalized spacial score (nSPS) is 23.6. The van der Waals surface area contributed by atoms with Gasteiger partial charge in [-0.15, -0.1) is 0 Å². The van der Waals surface area contributed by atoms with Crippen LogP contribution in [-0.2, 0) is 14.4 Å². The number of imide groups is 1. The number of amides is 2. The summed E-state index contributed by atoms with van der Waals surface area (Å²) < 4.78 is 11.2. The molecule has 0 spiro atoms. The van der Waals surface area contributed by atoms with Crippen LogP contribution < -0.4 is 14.4 Å². The lowest BCUT2D eigenvalue weighted by Gasteiger charge is -2.38. The number of hydrogen-bond donors (Lipinski definition) is 0. The number of nitrogens with zero attached hydrogens (tertiary/aromatic N) is 1. The minimum Gasteiger partial charge on any atom is -0.497 e. The Morgan fingerprint density at radius 3 is 2.28 bits per heavy atom. The van der Waals surface area contributed by atoms with Crippen molar-refractivity contribution in [2.24, 2.45) is 17.8 Å². The molecule has 0 bridgehead atoms. The number of halogens is 1. The van der Waals surface area contributed by atoms with Gasteiger partial charge < -0.3 is 9.47 Å². The lowest BCUT2D eigenvalue weighted by Crippen LogP contribution is -2.42. The van der Waals surface area contributed by atoms with E-state index in [2.05, 4.69) is 0 Å². The molecule has 0 N–H and O–H groups in total. The molecule has 4 aromatic rings. The Hall–Kier alpha value is -4.42. The van der Waals surface area contributed by atoms with Gasteiger partial charge in [0.1, 0.15) is 11.5 Å². The Morgan fingerprint density at radius 2 is 1.54 bits per heavy atom. The number of allylic oxidation sites excluding steroid dienone is 1. The summed E-state index contributed by atoms with van der Waals surface area (Å²) in [6.45, 7) is 0. The Balaban J connectivity index is 1.46. The van der Waals surface area contributed by atoms with Gasteiger partial charge >= 0.3 is 5.97 Å². The quantitative estimate of drug-likeness (QED) is 0.182. The Morgan fingerprint density at radius 1 is 0.821 bits per heavy atom. The number of anilines is 1. The van der Waals surface area contributed by atoms with Crippen LogP contribution in [0.5, 0.6) is 11.5 Å². The van der Waals surface area contributed by atoms with Crippen LogP contribution in [0.3, 0.4) is 0 Å². The summed E-state index contributed by atoms with van der Waals surface area (Å²) in [5.74, 6) is -3.19. The molecule has 7 rings (SSSR count). The van der Waals surface area contributed by atoms with E-state index in [-0.39, 0.29) is 5.91 Å². The highest BCUT2D eigenvalue weighted by molar-refractivity contribution is 6.31. The molecule has 2 aliphatic heterocycles. The third-order valence-electron chi connectivity index (χ3n) is 8.07. The Bertz CT molecular complexity index is 1710. The fourth-order valence-electron chi connectivity index (χ4n) is 6.33. The van der Waals surface area contributed by atoms with Crippen LogP contribution in [0.1, 0.15) is 17.0 Å². The van der Waals surface area contributed by atoms with E-state index < -0.39 is 35.5 Å².